The molecule has 98 valence electrons. The molecule has 6 nitrogen and oxygen atoms in total. The topological polar surface area (TPSA) is 94.7 Å². The lowest BCUT2D eigenvalue weighted by Crippen LogP contribution is -2.18. The Morgan fingerprint density at radius 3 is 2.53 bits per heavy atom. The molecular formula is C10H6F3N5O. The molecular weight excluding hydrogens is 263 g/mol. The highest BCUT2D eigenvalue weighted by atomic mass is 19.4. The number of hydrogen-bond donors (Lipinski definition) is 1. The van der Waals surface area contributed by atoms with Gasteiger partial charge in [0.2, 0.25) is 0 Å². The number of primary amides is 1. The van der Waals surface area contributed by atoms with Crippen LogP contribution in [0.4, 0.5) is 13.2 Å². The van der Waals surface area contributed by atoms with Crippen LogP contribution in [0, 0.1) is 0 Å². The van der Waals surface area contributed by atoms with Crippen LogP contribution in [0.25, 0.3) is 11.4 Å². The van der Waals surface area contributed by atoms with Crippen LogP contribution in [-0.4, -0.2) is 25.8 Å². The molecule has 2 aromatic heterocycles. The van der Waals surface area contributed by atoms with Crippen molar-refractivity contribution in [3.8, 4) is 11.4 Å². The third kappa shape index (κ3) is 2.64. The van der Waals surface area contributed by atoms with Crippen molar-refractivity contribution in [2.45, 2.75) is 6.18 Å². The largest absolute Gasteiger partial charge is 0.434 e. The van der Waals surface area contributed by atoms with E-state index in [0.29, 0.717) is 6.20 Å². The smallest absolute Gasteiger partial charge is 0.364 e. The summed E-state index contributed by atoms with van der Waals surface area (Å²) in [6, 6.07) is 1.30. The van der Waals surface area contributed by atoms with E-state index >= 15 is 0 Å². The second-order valence-electron chi connectivity index (χ2n) is 3.41. The van der Waals surface area contributed by atoms with Gasteiger partial charge in [0, 0.05) is 6.20 Å². The second kappa shape index (κ2) is 4.59. The van der Waals surface area contributed by atoms with Crippen LogP contribution in [0.15, 0.2) is 24.8 Å². The van der Waals surface area contributed by atoms with Crippen LogP contribution in [0.1, 0.15) is 16.2 Å². The average molecular weight is 269 g/mol. The van der Waals surface area contributed by atoms with E-state index in [1.807, 2.05) is 0 Å². The zero-order valence-corrected chi connectivity index (χ0v) is 9.22. The highest BCUT2D eigenvalue weighted by molar-refractivity contribution is 5.96. The van der Waals surface area contributed by atoms with Crippen molar-refractivity contribution >= 4 is 5.91 Å². The predicted molar refractivity (Wildman–Crippen MR) is 56.6 cm³/mol. The quantitative estimate of drug-likeness (QED) is 0.879. The first kappa shape index (κ1) is 12.9. The van der Waals surface area contributed by atoms with Gasteiger partial charge in [0.15, 0.2) is 11.4 Å². The fourth-order valence-corrected chi connectivity index (χ4v) is 1.32. The lowest BCUT2D eigenvalue weighted by molar-refractivity contribution is -0.141. The number of aromatic nitrogens is 4. The maximum Gasteiger partial charge on any atom is 0.434 e. The summed E-state index contributed by atoms with van der Waals surface area (Å²) in [6.45, 7) is 0. The highest BCUT2D eigenvalue weighted by Crippen LogP contribution is 2.29. The SMILES string of the molecule is NC(=O)c1ncc(C(F)(F)F)nc1-c1ccncn1. The van der Waals surface area contributed by atoms with Crippen LogP contribution in [-0.2, 0) is 6.18 Å². The minimum Gasteiger partial charge on any atom is -0.364 e. The molecule has 0 aliphatic rings. The maximum absolute atomic E-state index is 12.6. The average Bonchev–Trinajstić information content (AvgIpc) is 2.38. The number of halogens is 3. The summed E-state index contributed by atoms with van der Waals surface area (Å²) < 4.78 is 37.7. The number of nitrogens with two attached hydrogens (primary N) is 1. The molecule has 0 bridgehead atoms. The second-order valence-corrected chi connectivity index (χ2v) is 3.41. The van der Waals surface area contributed by atoms with Crippen molar-refractivity contribution in [3.63, 3.8) is 0 Å². The van der Waals surface area contributed by atoms with Gasteiger partial charge in [-0.1, -0.05) is 0 Å². The van der Waals surface area contributed by atoms with Crippen molar-refractivity contribution in [2.24, 2.45) is 5.73 Å². The molecule has 0 radical (unpaired) electrons. The number of carbonyl (C=O) groups excluding carboxylic acids is 1. The Kier molecular flexibility index (Phi) is 3.11. The molecule has 2 N–H and O–H groups in total. The van der Waals surface area contributed by atoms with Crippen molar-refractivity contribution in [1.82, 2.24) is 19.9 Å². The van der Waals surface area contributed by atoms with E-state index < -0.39 is 17.8 Å². The molecule has 0 atom stereocenters. The first-order chi connectivity index (χ1) is 8.89. The molecule has 19 heavy (non-hydrogen) atoms. The number of alkyl halides is 3. The summed E-state index contributed by atoms with van der Waals surface area (Å²) in [5.41, 5.74) is 3.13. The molecule has 0 aliphatic carbocycles. The Hall–Kier alpha value is -2.58. The fraction of sp³-hybridized carbons (Fsp3) is 0.100. The monoisotopic (exact) mass is 269 g/mol. The lowest BCUT2D eigenvalue weighted by atomic mass is 10.2. The zero-order chi connectivity index (χ0) is 14.0. The van der Waals surface area contributed by atoms with Gasteiger partial charge in [-0.15, -0.1) is 0 Å². The van der Waals surface area contributed by atoms with Gasteiger partial charge < -0.3 is 5.73 Å². The summed E-state index contributed by atoms with van der Waals surface area (Å²) in [5.74, 6) is -0.991. The van der Waals surface area contributed by atoms with Gasteiger partial charge in [-0.2, -0.15) is 13.2 Å². The number of rotatable bonds is 2. The Balaban J connectivity index is 2.65. The summed E-state index contributed by atoms with van der Waals surface area (Å²) in [7, 11) is 0. The Labute approximate surface area is 104 Å². The number of hydrogen-bond acceptors (Lipinski definition) is 5. The Morgan fingerprint density at radius 2 is 2.00 bits per heavy atom. The normalized spacial score (nSPS) is 11.3. The molecule has 0 spiro atoms. The number of carbonyl (C=O) groups is 1. The molecule has 0 aliphatic heterocycles. The van der Waals surface area contributed by atoms with Crippen molar-refractivity contribution in [1.29, 1.82) is 0 Å². The summed E-state index contributed by atoms with van der Waals surface area (Å²) in [5, 5.41) is 0. The van der Waals surface area contributed by atoms with Gasteiger partial charge >= 0.3 is 6.18 Å². The summed E-state index contributed by atoms with van der Waals surface area (Å²) >= 11 is 0. The van der Waals surface area contributed by atoms with Gasteiger partial charge in [-0.25, -0.2) is 19.9 Å². The van der Waals surface area contributed by atoms with E-state index in [4.69, 9.17) is 5.73 Å². The van der Waals surface area contributed by atoms with Gasteiger partial charge in [0.05, 0.1) is 11.9 Å². The van der Waals surface area contributed by atoms with Crippen LogP contribution >= 0.6 is 0 Å². The maximum atomic E-state index is 12.6. The molecule has 0 aromatic carbocycles. The molecule has 1 amide bonds. The van der Waals surface area contributed by atoms with Gasteiger partial charge in [-0.05, 0) is 6.07 Å². The third-order valence-electron chi connectivity index (χ3n) is 2.12. The molecule has 0 saturated heterocycles. The van der Waals surface area contributed by atoms with E-state index in [9.17, 15) is 18.0 Å². The molecule has 2 rings (SSSR count). The van der Waals surface area contributed by atoms with Crippen molar-refractivity contribution in [3.05, 3.63) is 36.2 Å². The van der Waals surface area contributed by atoms with Gasteiger partial charge in [0.25, 0.3) is 5.91 Å². The van der Waals surface area contributed by atoms with Crippen LogP contribution in [0.3, 0.4) is 0 Å². The molecule has 0 fully saturated rings. The van der Waals surface area contributed by atoms with E-state index in [0.717, 1.165) is 6.33 Å². The van der Waals surface area contributed by atoms with Crippen molar-refractivity contribution < 1.29 is 18.0 Å². The van der Waals surface area contributed by atoms with Crippen molar-refractivity contribution in [2.75, 3.05) is 0 Å². The number of nitrogens with zero attached hydrogens (tertiary/aromatic N) is 4. The summed E-state index contributed by atoms with van der Waals surface area (Å²) in [6.07, 6.45) is -1.81. The highest BCUT2D eigenvalue weighted by Gasteiger charge is 2.34. The molecule has 0 saturated carbocycles. The molecule has 2 aromatic rings. The molecule has 9 heteroatoms. The first-order valence-electron chi connectivity index (χ1n) is 4.90. The predicted octanol–water partition coefficient (Wildman–Crippen LogP) is 1.05. The zero-order valence-electron chi connectivity index (χ0n) is 9.22. The summed E-state index contributed by atoms with van der Waals surface area (Å²) in [4.78, 5) is 25.3. The van der Waals surface area contributed by atoms with Gasteiger partial charge in [-0.3, -0.25) is 4.79 Å². The van der Waals surface area contributed by atoms with E-state index in [1.165, 1.54) is 12.3 Å². The van der Waals surface area contributed by atoms with Crippen LogP contribution < -0.4 is 5.73 Å². The lowest BCUT2D eigenvalue weighted by Gasteiger charge is -2.09. The van der Waals surface area contributed by atoms with E-state index in [-0.39, 0.29) is 17.1 Å². The number of amides is 1. The van der Waals surface area contributed by atoms with E-state index in [1.54, 1.807) is 0 Å². The fourth-order valence-electron chi connectivity index (χ4n) is 1.32. The van der Waals surface area contributed by atoms with Crippen LogP contribution in [0.5, 0.6) is 0 Å². The minimum absolute atomic E-state index is 0.0300. The Bertz CT molecular complexity index is 614. The third-order valence-corrected chi connectivity index (χ3v) is 2.12. The molecule has 0 unspecified atom stereocenters. The standard InChI is InChI=1S/C10H6F3N5O/c11-10(12,13)6-3-16-8(9(14)19)7(18-6)5-1-2-15-4-17-5/h1-4H,(H2,14,19). The van der Waals surface area contributed by atoms with Crippen LogP contribution in [0.2, 0.25) is 0 Å². The first-order valence-corrected chi connectivity index (χ1v) is 4.90. The molecule has 2 heterocycles. The van der Waals surface area contributed by atoms with Gasteiger partial charge in [0.1, 0.15) is 12.0 Å². The Morgan fingerprint density at radius 1 is 1.26 bits per heavy atom. The minimum atomic E-state index is -4.68. The van der Waals surface area contributed by atoms with E-state index in [2.05, 4.69) is 19.9 Å².